The molecule has 0 bridgehead atoms. The normalized spacial score (nSPS) is 13.6. The van der Waals surface area contributed by atoms with Gasteiger partial charge in [0, 0.05) is 5.56 Å². The molecule has 2 aromatic carbocycles. The van der Waals surface area contributed by atoms with E-state index < -0.39 is 0 Å². The summed E-state index contributed by atoms with van der Waals surface area (Å²) in [6.45, 7) is 0. The van der Waals surface area contributed by atoms with Crippen molar-refractivity contribution in [2.24, 2.45) is 5.73 Å². The van der Waals surface area contributed by atoms with Crippen molar-refractivity contribution in [1.29, 1.82) is 0 Å². The summed E-state index contributed by atoms with van der Waals surface area (Å²) < 4.78 is 0. The molecule has 4 N–H and O–H groups in total. The third-order valence-electron chi connectivity index (χ3n) is 3.03. The summed E-state index contributed by atoms with van der Waals surface area (Å²) in [6.07, 6.45) is 0.0664. The number of para-hydroxylation sites is 2. The van der Waals surface area contributed by atoms with E-state index in [9.17, 15) is 0 Å². The summed E-state index contributed by atoms with van der Waals surface area (Å²) in [6, 6.07) is 16.1. The first-order valence-corrected chi connectivity index (χ1v) is 6.17. The molecule has 1 heterocycles. The van der Waals surface area contributed by atoms with E-state index in [2.05, 4.69) is 28.8 Å². The van der Waals surface area contributed by atoms with Crippen LogP contribution >= 0.6 is 12.2 Å². The van der Waals surface area contributed by atoms with Gasteiger partial charge in [-0.1, -0.05) is 42.5 Å². The van der Waals surface area contributed by atoms with Crippen molar-refractivity contribution in [3.05, 3.63) is 59.7 Å². The Bertz CT molecular complexity index is 584. The Morgan fingerprint density at radius 2 is 1.67 bits per heavy atom. The second-order valence-electron chi connectivity index (χ2n) is 4.26. The Balaban J connectivity index is 1.90. The number of rotatable bonds is 2. The molecule has 3 rings (SSSR count). The van der Waals surface area contributed by atoms with E-state index in [1.165, 1.54) is 0 Å². The summed E-state index contributed by atoms with van der Waals surface area (Å²) in [5.41, 5.74) is 9.90. The van der Waals surface area contributed by atoms with Crippen molar-refractivity contribution in [2.45, 2.75) is 6.17 Å². The molecule has 90 valence electrons. The first-order chi connectivity index (χ1) is 8.74. The van der Waals surface area contributed by atoms with Crippen LogP contribution in [0.2, 0.25) is 0 Å². The Labute approximate surface area is 111 Å². The van der Waals surface area contributed by atoms with Gasteiger partial charge in [-0.3, -0.25) is 0 Å². The molecule has 0 amide bonds. The van der Waals surface area contributed by atoms with E-state index >= 15 is 0 Å². The van der Waals surface area contributed by atoms with Crippen LogP contribution in [-0.4, -0.2) is 4.99 Å². The fourth-order valence-electron chi connectivity index (χ4n) is 2.12. The summed E-state index contributed by atoms with van der Waals surface area (Å²) in [5, 5.41) is 6.84. The minimum atomic E-state index is 0.0664. The standard InChI is InChI=1S/C14H13N3S/c15-13(18)9-4-3-5-10(8-9)14-16-11-6-1-2-7-12(11)17-14/h1-8,14,16-17H,(H2,15,18). The van der Waals surface area contributed by atoms with Crippen molar-refractivity contribution in [2.75, 3.05) is 10.6 Å². The zero-order valence-corrected chi connectivity index (χ0v) is 10.5. The van der Waals surface area contributed by atoms with Crippen LogP contribution in [-0.2, 0) is 0 Å². The van der Waals surface area contributed by atoms with Gasteiger partial charge in [0.25, 0.3) is 0 Å². The van der Waals surface area contributed by atoms with E-state index in [1.54, 1.807) is 0 Å². The van der Waals surface area contributed by atoms with Gasteiger partial charge >= 0.3 is 0 Å². The second kappa shape index (κ2) is 4.31. The minimum absolute atomic E-state index is 0.0664. The van der Waals surface area contributed by atoms with Crippen LogP contribution in [0.3, 0.4) is 0 Å². The maximum atomic E-state index is 5.66. The van der Waals surface area contributed by atoms with Gasteiger partial charge in [0.1, 0.15) is 11.2 Å². The van der Waals surface area contributed by atoms with Crippen molar-refractivity contribution in [3.8, 4) is 0 Å². The molecule has 1 aliphatic rings. The SMILES string of the molecule is NC(=S)c1cccc(C2Nc3ccccc3N2)c1. The van der Waals surface area contributed by atoms with Gasteiger partial charge in [0.05, 0.1) is 11.4 Å². The minimum Gasteiger partial charge on any atom is -0.389 e. The summed E-state index contributed by atoms with van der Waals surface area (Å²) in [4.78, 5) is 0.423. The third-order valence-corrected chi connectivity index (χ3v) is 3.27. The molecule has 0 radical (unpaired) electrons. The Morgan fingerprint density at radius 1 is 1.00 bits per heavy atom. The number of benzene rings is 2. The van der Waals surface area contributed by atoms with Crippen LogP contribution in [0.15, 0.2) is 48.5 Å². The summed E-state index contributed by atoms with van der Waals surface area (Å²) in [7, 11) is 0. The maximum Gasteiger partial charge on any atom is 0.123 e. The molecule has 0 atom stereocenters. The molecule has 3 nitrogen and oxygen atoms in total. The maximum absolute atomic E-state index is 5.66. The van der Waals surface area contributed by atoms with Crippen LogP contribution in [0.5, 0.6) is 0 Å². The molecule has 1 aliphatic heterocycles. The van der Waals surface area contributed by atoms with E-state index in [-0.39, 0.29) is 6.17 Å². The summed E-state index contributed by atoms with van der Waals surface area (Å²) >= 11 is 5.00. The molecule has 0 saturated carbocycles. The van der Waals surface area contributed by atoms with Crippen LogP contribution in [0.4, 0.5) is 11.4 Å². The number of thiocarbonyl (C=S) groups is 1. The van der Waals surface area contributed by atoms with Gasteiger partial charge in [-0.05, 0) is 23.8 Å². The highest BCUT2D eigenvalue weighted by atomic mass is 32.1. The first kappa shape index (κ1) is 11.0. The second-order valence-corrected chi connectivity index (χ2v) is 4.70. The van der Waals surface area contributed by atoms with Gasteiger partial charge in [-0.2, -0.15) is 0 Å². The van der Waals surface area contributed by atoms with E-state index in [0.717, 1.165) is 22.5 Å². The zero-order valence-electron chi connectivity index (χ0n) is 9.68. The van der Waals surface area contributed by atoms with E-state index in [1.807, 2.05) is 30.3 Å². The van der Waals surface area contributed by atoms with E-state index in [0.29, 0.717) is 4.99 Å². The third kappa shape index (κ3) is 1.91. The van der Waals surface area contributed by atoms with Crippen LogP contribution < -0.4 is 16.4 Å². The quantitative estimate of drug-likeness (QED) is 0.722. The first-order valence-electron chi connectivity index (χ1n) is 5.76. The Hall–Kier alpha value is -2.07. The van der Waals surface area contributed by atoms with Crippen LogP contribution in [0.25, 0.3) is 0 Å². The molecule has 0 unspecified atom stereocenters. The molecule has 2 aromatic rings. The fourth-order valence-corrected chi connectivity index (χ4v) is 2.25. The fraction of sp³-hybridized carbons (Fsp3) is 0.0714. The molecule has 4 heteroatoms. The molecule has 0 aliphatic carbocycles. The van der Waals surface area contributed by atoms with Gasteiger partial charge < -0.3 is 16.4 Å². The molecular formula is C14H13N3S. The van der Waals surface area contributed by atoms with Crippen molar-refractivity contribution < 1.29 is 0 Å². The number of nitrogens with two attached hydrogens (primary N) is 1. The molecule has 0 aromatic heterocycles. The largest absolute Gasteiger partial charge is 0.389 e. The molecular weight excluding hydrogens is 242 g/mol. The van der Waals surface area contributed by atoms with Crippen molar-refractivity contribution >= 4 is 28.6 Å². The highest BCUT2D eigenvalue weighted by Gasteiger charge is 2.20. The molecule has 0 fully saturated rings. The lowest BCUT2D eigenvalue weighted by molar-refractivity contribution is 0.941. The topological polar surface area (TPSA) is 50.1 Å². The van der Waals surface area contributed by atoms with Gasteiger partial charge in [0.15, 0.2) is 0 Å². The molecule has 18 heavy (non-hydrogen) atoms. The average molecular weight is 255 g/mol. The Morgan fingerprint density at radius 3 is 2.28 bits per heavy atom. The predicted molar refractivity (Wildman–Crippen MR) is 78.8 cm³/mol. The number of hydrogen-bond donors (Lipinski definition) is 3. The van der Waals surface area contributed by atoms with E-state index in [4.69, 9.17) is 18.0 Å². The Kier molecular flexibility index (Phi) is 2.64. The summed E-state index contributed by atoms with van der Waals surface area (Å²) in [5.74, 6) is 0. The molecule has 0 spiro atoms. The lowest BCUT2D eigenvalue weighted by Gasteiger charge is -2.13. The van der Waals surface area contributed by atoms with Gasteiger partial charge in [-0.25, -0.2) is 0 Å². The highest BCUT2D eigenvalue weighted by Crippen LogP contribution is 2.34. The number of nitrogens with one attached hydrogen (secondary N) is 2. The number of fused-ring (bicyclic) bond motifs is 1. The monoisotopic (exact) mass is 255 g/mol. The zero-order chi connectivity index (χ0) is 12.5. The lowest BCUT2D eigenvalue weighted by Crippen LogP contribution is -2.14. The van der Waals surface area contributed by atoms with Crippen molar-refractivity contribution in [3.63, 3.8) is 0 Å². The van der Waals surface area contributed by atoms with Crippen molar-refractivity contribution in [1.82, 2.24) is 0 Å². The van der Waals surface area contributed by atoms with Crippen LogP contribution in [0, 0.1) is 0 Å². The highest BCUT2D eigenvalue weighted by molar-refractivity contribution is 7.80. The number of anilines is 2. The lowest BCUT2D eigenvalue weighted by atomic mass is 10.1. The predicted octanol–water partition coefficient (Wildman–Crippen LogP) is 2.86. The van der Waals surface area contributed by atoms with Gasteiger partial charge in [-0.15, -0.1) is 0 Å². The number of hydrogen-bond acceptors (Lipinski definition) is 3. The molecule has 0 saturated heterocycles. The average Bonchev–Trinajstić information content (AvgIpc) is 2.82. The van der Waals surface area contributed by atoms with Crippen LogP contribution in [0.1, 0.15) is 17.3 Å². The van der Waals surface area contributed by atoms with Gasteiger partial charge in [0.2, 0.25) is 0 Å². The smallest absolute Gasteiger partial charge is 0.123 e.